The molecule has 1 aromatic heterocycles. The number of aliphatic hydroxyl groups is 1. The van der Waals surface area contributed by atoms with Gasteiger partial charge in [0.05, 0.1) is 11.0 Å². The summed E-state index contributed by atoms with van der Waals surface area (Å²) in [5, 5.41) is 9.95. The van der Waals surface area contributed by atoms with E-state index in [0.717, 1.165) is 67.5 Å². The van der Waals surface area contributed by atoms with Gasteiger partial charge in [0.2, 0.25) is 5.91 Å². The van der Waals surface area contributed by atoms with E-state index in [1.807, 2.05) is 35.2 Å². The molecule has 1 aliphatic heterocycles. The number of aryl methyl sites for hydroxylation is 1. The molecule has 2 atom stereocenters. The molecule has 0 bridgehead atoms. The third-order valence-corrected chi connectivity index (χ3v) is 7.24. The molecular formula is C24H30ClNO3S. The Morgan fingerprint density at radius 3 is 2.63 bits per heavy atom. The normalized spacial score (nSPS) is 17.5. The summed E-state index contributed by atoms with van der Waals surface area (Å²) in [5.74, 6) is 0.169. The largest absolute Gasteiger partial charge is 0.388 e. The molecule has 3 rings (SSSR count). The highest BCUT2D eigenvalue weighted by molar-refractivity contribution is 7.15. The van der Waals surface area contributed by atoms with Gasteiger partial charge in [-0.15, -0.1) is 11.3 Å². The molecule has 1 fully saturated rings. The maximum Gasteiger partial charge on any atom is 0.262 e. The second-order valence-corrected chi connectivity index (χ2v) is 9.50. The highest BCUT2D eigenvalue weighted by Crippen LogP contribution is 2.31. The van der Waals surface area contributed by atoms with Gasteiger partial charge >= 0.3 is 0 Å². The predicted octanol–water partition coefficient (Wildman–Crippen LogP) is 6.26. The van der Waals surface area contributed by atoms with Crippen molar-refractivity contribution < 1.29 is 14.7 Å². The Kier molecular flexibility index (Phi) is 8.49. The lowest BCUT2D eigenvalue weighted by Gasteiger charge is -2.25. The van der Waals surface area contributed by atoms with Crippen LogP contribution in [0.5, 0.6) is 0 Å². The molecule has 1 aliphatic rings. The van der Waals surface area contributed by atoms with Crippen molar-refractivity contribution in [1.82, 2.24) is 0 Å². The molecule has 6 heteroatoms. The molecule has 162 valence electrons. The maximum absolute atomic E-state index is 12.5. The molecule has 0 saturated carbocycles. The number of thiophene rings is 1. The van der Waals surface area contributed by atoms with E-state index in [9.17, 15) is 14.7 Å². The number of benzene rings is 1. The first-order chi connectivity index (χ1) is 14.5. The number of hydrogen-bond donors (Lipinski definition) is 1. The van der Waals surface area contributed by atoms with Crippen LogP contribution in [0, 0.1) is 0 Å². The van der Waals surface area contributed by atoms with Crippen molar-refractivity contribution in [2.75, 3.05) is 4.90 Å². The van der Waals surface area contributed by atoms with E-state index >= 15 is 0 Å². The number of carbonyl (C=O) groups excluding carboxylic acids is 2. The lowest BCUT2D eigenvalue weighted by atomic mass is 10.0. The van der Waals surface area contributed by atoms with E-state index in [4.69, 9.17) is 11.6 Å². The van der Waals surface area contributed by atoms with Crippen molar-refractivity contribution in [1.29, 1.82) is 0 Å². The van der Waals surface area contributed by atoms with Crippen LogP contribution in [0.1, 0.15) is 84.5 Å². The predicted molar refractivity (Wildman–Crippen MR) is 123 cm³/mol. The summed E-state index contributed by atoms with van der Waals surface area (Å²) in [5.41, 5.74) is 1.83. The first-order valence-corrected chi connectivity index (χ1v) is 12.1. The number of amides is 1. The Hall–Kier alpha value is -1.69. The molecule has 2 unspecified atom stereocenters. The van der Waals surface area contributed by atoms with Gasteiger partial charge in [-0.25, -0.2) is 0 Å². The van der Waals surface area contributed by atoms with E-state index in [1.54, 1.807) is 6.07 Å². The molecule has 2 heterocycles. The second kappa shape index (κ2) is 11.1. The maximum atomic E-state index is 12.5. The number of anilines is 1. The number of carbonyl (C=O) groups is 2. The van der Waals surface area contributed by atoms with Crippen LogP contribution in [0.25, 0.3) is 0 Å². The van der Waals surface area contributed by atoms with E-state index < -0.39 is 11.3 Å². The third-order valence-electron chi connectivity index (χ3n) is 5.78. The van der Waals surface area contributed by atoms with Crippen LogP contribution < -0.4 is 4.90 Å². The summed E-state index contributed by atoms with van der Waals surface area (Å²) in [4.78, 5) is 27.4. The Morgan fingerprint density at radius 1 is 1.20 bits per heavy atom. The zero-order chi connectivity index (χ0) is 21.5. The second-order valence-electron chi connectivity index (χ2n) is 7.99. The summed E-state index contributed by atoms with van der Waals surface area (Å²) in [6.07, 6.45) is 7.86. The smallest absolute Gasteiger partial charge is 0.262 e. The summed E-state index contributed by atoms with van der Waals surface area (Å²) in [7, 11) is 0. The standard InChI is InChI=1S/C24H30ClNO3S/c1-2-3-4-8-21(27)17-9-11-19(12-10-17)26-18(13-16-23(26)28)6-5-7-20-14-15-22(30-20)24(25)29/h9-12,14-15,18,21,27H,2-8,13,16H2,1H3. The first-order valence-electron chi connectivity index (χ1n) is 10.9. The summed E-state index contributed by atoms with van der Waals surface area (Å²) in [6.45, 7) is 2.16. The first kappa shape index (κ1) is 23.0. The minimum Gasteiger partial charge on any atom is -0.388 e. The van der Waals surface area contributed by atoms with Gasteiger partial charge in [-0.2, -0.15) is 0 Å². The molecule has 0 radical (unpaired) electrons. The number of nitrogens with zero attached hydrogens (tertiary/aromatic N) is 1. The minimum atomic E-state index is -0.439. The monoisotopic (exact) mass is 447 g/mol. The Balaban J connectivity index is 1.56. The molecule has 1 aromatic carbocycles. The van der Waals surface area contributed by atoms with Crippen molar-refractivity contribution in [3.63, 3.8) is 0 Å². The van der Waals surface area contributed by atoms with Gasteiger partial charge in [0.15, 0.2) is 0 Å². The average Bonchev–Trinajstić information content (AvgIpc) is 3.35. The summed E-state index contributed by atoms with van der Waals surface area (Å²) in [6, 6.07) is 11.8. The number of halogens is 1. The lowest BCUT2D eigenvalue weighted by molar-refractivity contribution is -0.117. The fourth-order valence-corrected chi connectivity index (χ4v) is 5.17. The fraction of sp³-hybridized carbons (Fsp3) is 0.500. The summed E-state index contributed by atoms with van der Waals surface area (Å²) >= 11 is 6.98. The van der Waals surface area contributed by atoms with Crippen molar-refractivity contribution >= 4 is 39.8 Å². The van der Waals surface area contributed by atoms with Crippen molar-refractivity contribution in [2.45, 2.75) is 76.9 Å². The topological polar surface area (TPSA) is 57.6 Å². The fourth-order valence-electron chi connectivity index (χ4n) is 4.11. The van der Waals surface area contributed by atoms with Crippen LogP contribution in [0.15, 0.2) is 36.4 Å². The quantitative estimate of drug-likeness (QED) is 0.326. The van der Waals surface area contributed by atoms with Gasteiger partial charge in [-0.1, -0.05) is 38.3 Å². The third kappa shape index (κ3) is 5.93. The molecule has 4 nitrogen and oxygen atoms in total. The molecule has 30 heavy (non-hydrogen) atoms. The zero-order valence-electron chi connectivity index (χ0n) is 17.5. The van der Waals surface area contributed by atoms with Gasteiger partial charge < -0.3 is 10.0 Å². The molecule has 1 N–H and O–H groups in total. The number of rotatable bonds is 11. The van der Waals surface area contributed by atoms with Crippen LogP contribution in [0.2, 0.25) is 0 Å². The molecule has 2 aromatic rings. The van der Waals surface area contributed by atoms with Crippen LogP contribution in [0.3, 0.4) is 0 Å². The highest BCUT2D eigenvalue weighted by atomic mass is 35.5. The van der Waals surface area contributed by atoms with Crippen LogP contribution in [-0.4, -0.2) is 22.3 Å². The van der Waals surface area contributed by atoms with Gasteiger partial charge in [0, 0.05) is 23.0 Å². The van der Waals surface area contributed by atoms with E-state index in [2.05, 4.69) is 6.92 Å². The van der Waals surface area contributed by atoms with Crippen LogP contribution >= 0.6 is 22.9 Å². The van der Waals surface area contributed by atoms with Gasteiger partial charge in [-0.3, -0.25) is 9.59 Å². The summed E-state index contributed by atoms with van der Waals surface area (Å²) < 4.78 is 0. The van der Waals surface area contributed by atoms with Crippen LogP contribution in [0.4, 0.5) is 5.69 Å². The number of unbranched alkanes of at least 4 members (excludes halogenated alkanes) is 2. The molecular weight excluding hydrogens is 418 g/mol. The van der Waals surface area contributed by atoms with E-state index in [1.165, 1.54) is 11.3 Å². The van der Waals surface area contributed by atoms with Crippen molar-refractivity contribution in [3.8, 4) is 0 Å². The van der Waals surface area contributed by atoms with Crippen LogP contribution in [-0.2, 0) is 11.2 Å². The molecule has 0 spiro atoms. The Bertz CT molecular complexity index is 848. The highest BCUT2D eigenvalue weighted by Gasteiger charge is 2.31. The molecule has 0 aliphatic carbocycles. The molecule has 1 amide bonds. The molecule has 1 saturated heterocycles. The number of aliphatic hydroxyl groups excluding tert-OH is 1. The van der Waals surface area contributed by atoms with Gasteiger partial charge in [0.1, 0.15) is 0 Å². The van der Waals surface area contributed by atoms with Crippen molar-refractivity contribution in [3.05, 3.63) is 51.7 Å². The van der Waals surface area contributed by atoms with Gasteiger partial charge in [0.25, 0.3) is 5.24 Å². The lowest BCUT2D eigenvalue weighted by Crippen LogP contribution is -2.32. The number of hydrogen-bond acceptors (Lipinski definition) is 4. The SMILES string of the molecule is CCCCCC(O)c1ccc(N2C(=O)CCC2CCCc2ccc(C(=O)Cl)s2)cc1. The van der Waals surface area contributed by atoms with E-state index in [0.29, 0.717) is 11.3 Å². The van der Waals surface area contributed by atoms with Crippen molar-refractivity contribution in [2.24, 2.45) is 0 Å². The van der Waals surface area contributed by atoms with E-state index in [-0.39, 0.29) is 11.9 Å². The Labute approximate surface area is 187 Å². The minimum absolute atomic E-state index is 0.169. The Morgan fingerprint density at radius 2 is 1.97 bits per heavy atom. The average molecular weight is 448 g/mol. The van der Waals surface area contributed by atoms with Gasteiger partial charge in [-0.05, 0) is 73.5 Å². The zero-order valence-corrected chi connectivity index (χ0v) is 19.1.